The Balaban J connectivity index is 1.21. The first-order valence-electron chi connectivity index (χ1n) is 10.2. The van der Waals surface area contributed by atoms with Crippen LogP contribution in [0.5, 0.6) is 0 Å². The average Bonchev–Trinajstić information content (AvgIpc) is 2.91. The number of nitrogens with zero attached hydrogens (tertiary/aromatic N) is 1. The maximum Gasteiger partial charge on any atom is 0.407 e. The first-order chi connectivity index (χ1) is 13.2. The van der Waals surface area contributed by atoms with Crippen LogP contribution in [0, 0.1) is 21.3 Å². The van der Waals surface area contributed by atoms with Crippen LogP contribution in [0.25, 0.3) is 0 Å². The van der Waals surface area contributed by atoms with Gasteiger partial charge in [0.2, 0.25) is 5.91 Å². The highest BCUT2D eigenvalue weighted by atomic mass is 127. The molecule has 2 heterocycles. The smallest absolute Gasteiger partial charge is 0.407 e. The fourth-order valence-electron chi connectivity index (χ4n) is 5.47. The summed E-state index contributed by atoms with van der Waals surface area (Å²) < 4.78 is 6.32. The van der Waals surface area contributed by atoms with Crippen molar-refractivity contribution >= 4 is 34.6 Å². The normalized spacial score (nSPS) is 36.0. The van der Waals surface area contributed by atoms with Crippen LogP contribution in [0.15, 0.2) is 18.2 Å². The van der Waals surface area contributed by atoms with E-state index in [1.165, 1.54) is 14.7 Å². The number of ether oxygens (including phenoxy) is 1. The molecule has 2 saturated heterocycles. The van der Waals surface area contributed by atoms with E-state index in [-0.39, 0.29) is 28.9 Å². The van der Waals surface area contributed by atoms with Gasteiger partial charge in [0, 0.05) is 22.6 Å². The highest BCUT2D eigenvalue weighted by Crippen LogP contribution is 2.59. The van der Waals surface area contributed by atoms with Crippen LogP contribution in [-0.2, 0) is 14.9 Å². The molecule has 1 aromatic rings. The van der Waals surface area contributed by atoms with E-state index in [2.05, 4.69) is 71.8 Å². The third-order valence-corrected chi connectivity index (χ3v) is 7.77. The average molecular weight is 494 g/mol. The van der Waals surface area contributed by atoms with Crippen LogP contribution in [0.1, 0.15) is 50.7 Å². The molecule has 3 atom stereocenters. The molecule has 0 aromatic heterocycles. The maximum atomic E-state index is 12.9. The molecule has 1 aromatic carbocycles. The van der Waals surface area contributed by atoms with E-state index in [0.29, 0.717) is 24.4 Å². The Morgan fingerprint density at radius 1 is 1.21 bits per heavy atom. The Kier molecular flexibility index (Phi) is 4.07. The molecule has 28 heavy (non-hydrogen) atoms. The summed E-state index contributed by atoms with van der Waals surface area (Å²) in [7, 11) is 0. The monoisotopic (exact) mass is 494 g/mol. The zero-order valence-electron chi connectivity index (χ0n) is 16.6. The molecule has 2 aliphatic carbocycles. The van der Waals surface area contributed by atoms with E-state index in [1.54, 1.807) is 0 Å². The minimum Gasteiger partial charge on any atom is -0.447 e. The molecule has 1 spiro atoms. The number of hydrogen-bond donors (Lipinski definition) is 1. The van der Waals surface area contributed by atoms with E-state index >= 15 is 0 Å². The van der Waals surface area contributed by atoms with Crippen LogP contribution in [0.3, 0.4) is 0 Å². The van der Waals surface area contributed by atoms with Crippen molar-refractivity contribution in [2.45, 2.75) is 50.5 Å². The lowest BCUT2D eigenvalue weighted by atomic mass is 9.68. The van der Waals surface area contributed by atoms with Crippen LogP contribution >= 0.6 is 22.6 Å². The van der Waals surface area contributed by atoms with Crippen molar-refractivity contribution < 1.29 is 14.3 Å². The number of likely N-dealkylation sites (tertiary alicyclic amines) is 1. The molecule has 6 heteroatoms. The molecule has 150 valence electrons. The Bertz CT molecular complexity index is 844. The zero-order chi connectivity index (χ0) is 19.8. The van der Waals surface area contributed by atoms with Crippen molar-refractivity contribution in [1.29, 1.82) is 0 Å². The first kappa shape index (κ1) is 18.7. The van der Waals surface area contributed by atoms with Crippen LogP contribution in [0.4, 0.5) is 4.79 Å². The van der Waals surface area contributed by atoms with Gasteiger partial charge < -0.3 is 15.0 Å². The van der Waals surface area contributed by atoms with Crippen molar-refractivity contribution in [3.8, 4) is 0 Å². The second-order valence-electron chi connectivity index (χ2n) is 10.2. The number of benzene rings is 1. The molecule has 2 saturated carbocycles. The molecule has 2 aliphatic heterocycles. The molecular formula is C22H27IN2O3. The quantitative estimate of drug-likeness (QED) is 0.639. The van der Waals surface area contributed by atoms with Crippen molar-refractivity contribution in [2.75, 3.05) is 19.7 Å². The second-order valence-corrected chi connectivity index (χ2v) is 11.5. The molecule has 4 aliphatic rings. The van der Waals surface area contributed by atoms with E-state index in [4.69, 9.17) is 4.74 Å². The molecule has 1 N–H and O–H groups in total. The van der Waals surface area contributed by atoms with Gasteiger partial charge in [0.1, 0.15) is 6.61 Å². The van der Waals surface area contributed by atoms with Gasteiger partial charge in [-0.1, -0.05) is 26.8 Å². The third-order valence-electron chi connectivity index (χ3n) is 7.15. The van der Waals surface area contributed by atoms with Crippen molar-refractivity contribution in [1.82, 2.24) is 10.2 Å². The number of hydrogen-bond acceptors (Lipinski definition) is 3. The molecule has 5 rings (SSSR count). The molecule has 0 bridgehead atoms. The number of rotatable bonds is 2. The highest BCUT2D eigenvalue weighted by molar-refractivity contribution is 14.1. The first-order valence-corrected chi connectivity index (χ1v) is 11.3. The number of cyclic esters (lactones) is 1. The highest BCUT2D eigenvalue weighted by Gasteiger charge is 2.59. The summed E-state index contributed by atoms with van der Waals surface area (Å²) in [5.41, 5.74) is 2.73. The van der Waals surface area contributed by atoms with Crippen molar-refractivity contribution in [2.24, 2.45) is 17.8 Å². The predicted octanol–water partition coefficient (Wildman–Crippen LogP) is 3.65. The van der Waals surface area contributed by atoms with Gasteiger partial charge in [-0.15, -0.1) is 0 Å². The number of nitrogens with one attached hydrogen (secondary N) is 1. The Labute approximate surface area is 179 Å². The number of carbonyl (C=O) groups is 2. The lowest BCUT2D eigenvalue weighted by Gasteiger charge is -2.43. The lowest BCUT2D eigenvalue weighted by molar-refractivity contribution is -0.140. The summed E-state index contributed by atoms with van der Waals surface area (Å²) in [6.07, 6.45) is 1.10. The topological polar surface area (TPSA) is 58.6 Å². The predicted molar refractivity (Wildman–Crippen MR) is 114 cm³/mol. The van der Waals surface area contributed by atoms with Gasteiger partial charge >= 0.3 is 6.09 Å². The van der Waals surface area contributed by atoms with Gasteiger partial charge in [-0.3, -0.25) is 4.79 Å². The number of carbonyl (C=O) groups excluding carboxylic acids is 2. The second kappa shape index (κ2) is 6.09. The standard InChI is InChI=1S/C22H27IN2O3/c1-21(2,3)14-4-12(5-15(23)6-14)18-16-9-25(10-17(16)18)19(26)13-7-22(8-13)11-28-20(27)24-22/h4-6,13,16-18H,7-11H2,1-3H3,(H,24,27)/t13?,16-,17+,18-,22?. The van der Waals surface area contributed by atoms with Crippen LogP contribution in [0.2, 0.25) is 0 Å². The summed E-state index contributed by atoms with van der Waals surface area (Å²) in [5.74, 6) is 2.14. The fourth-order valence-corrected chi connectivity index (χ4v) is 6.16. The van der Waals surface area contributed by atoms with E-state index in [9.17, 15) is 9.59 Å². The number of piperidine rings is 1. The lowest BCUT2D eigenvalue weighted by Crippen LogP contribution is -2.58. The van der Waals surface area contributed by atoms with Gasteiger partial charge in [0.05, 0.1) is 5.54 Å². The molecule has 0 radical (unpaired) electrons. The number of halogens is 1. The minimum atomic E-state index is -0.344. The fraction of sp³-hybridized carbons (Fsp3) is 0.636. The van der Waals surface area contributed by atoms with Gasteiger partial charge in [0.15, 0.2) is 0 Å². The number of amides is 2. The van der Waals surface area contributed by atoms with E-state index < -0.39 is 0 Å². The maximum absolute atomic E-state index is 12.9. The Morgan fingerprint density at radius 3 is 2.46 bits per heavy atom. The molecule has 5 nitrogen and oxygen atoms in total. The van der Waals surface area contributed by atoms with Gasteiger partial charge in [-0.05, 0) is 81.9 Å². The Hall–Kier alpha value is -1.31. The summed E-state index contributed by atoms with van der Waals surface area (Å²) in [4.78, 5) is 26.2. The van der Waals surface area contributed by atoms with E-state index in [1.807, 2.05) is 0 Å². The Morgan fingerprint density at radius 2 is 1.89 bits per heavy atom. The molecule has 2 amide bonds. The summed E-state index contributed by atoms with van der Waals surface area (Å²) in [6.45, 7) is 8.97. The molecular weight excluding hydrogens is 467 g/mol. The zero-order valence-corrected chi connectivity index (χ0v) is 18.8. The molecule has 4 fully saturated rings. The summed E-state index contributed by atoms with van der Waals surface area (Å²) >= 11 is 2.42. The number of fused-ring (bicyclic) bond motifs is 1. The summed E-state index contributed by atoms with van der Waals surface area (Å²) in [5, 5.41) is 2.88. The van der Waals surface area contributed by atoms with Crippen LogP contribution in [-0.4, -0.2) is 42.1 Å². The minimum absolute atomic E-state index is 0.0446. The largest absolute Gasteiger partial charge is 0.447 e. The van der Waals surface area contributed by atoms with Crippen molar-refractivity contribution in [3.63, 3.8) is 0 Å². The van der Waals surface area contributed by atoms with Crippen LogP contribution < -0.4 is 5.32 Å². The van der Waals surface area contributed by atoms with E-state index in [0.717, 1.165) is 25.9 Å². The summed E-state index contributed by atoms with van der Waals surface area (Å²) in [6, 6.07) is 7.00. The third kappa shape index (κ3) is 3.02. The SMILES string of the molecule is CC(C)(C)c1cc(I)cc([C@@H]2[C@@H]3CN(C(=O)C4CC5(COC(=O)N5)C4)C[C@@H]32)c1. The van der Waals surface area contributed by atoms with Gasteiger partial charge in [-0.25, -0.2) is 4.79 Å². The molecule has 0 unspecified atom stereocenters. The van der Waals surface area contributed by atoms with Gasteiger partial charge in [-0.2, -0.15) is 0 Å². The van der Waals surface area contributed by atoms with Gasteiger partial charge in [0.25, 0.3) is 0 Å². The number of alkyl carbamates (subject to hydrolysis) is 1. The van der Waals surface area contributed by atoms with Crippen molar-refractivity contribution in [3.05, 3.63) is 32.9 Å².